The highest BCUT2D eigenvalue weighted by Gasteiger charge is 2.13. The lowest BCUT2D eigenvalue weighted by Gasteiger charge is -2.10. The Kier molecular flexibility index (Phi) is 7.41. The zero-order valence-corrected chi connectivity index (χ0v) is 27.0. The Morgan fingerprint density at radius 1 is 0.280 bits per heavy atom. The molecular formula is C45H29N5. The summed E-state index contributed by atoms with van der Waals surface area (Å²) in [5.41, 5.74) is 11.4. The molecule has 234 valence electrons. The van der Waals surface area contributed by atoms with Crippen LogP contribution in [0.5, 0.6) is 0 Å². The fraction of sp³-hybridized carbons (Fsp3) is 0. The van der Waals surface area contributed by atoms with Crippen LogP contribution in [0.3, 0.4) is 0 Å². The molecule has 5 nitrogen and oxygen atoms in total. The van der Waals surface area contributed by atoms with Crippen molar-refractivity contribution >= 4 is 21.8 Å². The molecule has 9 rings (SSSR count). The van der Waals surface area contributed by atoms with Crippen LogP contribution in [0.1, 0.15) is 0 Å². The normalized spacial score (nSPS) is 11.2. The second-order valence-electron chi connectivity index (χ2n) is 12.2. The van der Waals surface area contributed by atoms with E-state index in [1.807, 2.05) is 54.9 Å². The largest absolute Gasteiger partial charge is 0.254 e. The summed E-state index contributed by atoms with van der Waals surface area (Å²) in [4.78, 5) is 24.1. The minimum atomic E-state index is 0.634. The first-order chi connectivity index (χ1) is 24.7. The summed E-state index contributed by atoms with van der Waals surface area (Å²) in [5.74, 6) is 1.92. The average Bonchev–Trinajstić information content (AvgIpc) is 3.21. The van der Waals surface area contributed by atoms with Gasteiger partial charge in [-0.3, -0.25) is 9.97 Å². The first-order valence-corrected chi connectivity index (χ1v) is 16.6. The first-order valence-electron chi connectivity index (χ1n) is 16.6. The highest BCUT2D eigenvalue weighted by molar-refractivity contribution is 6.03. The number of benzene rings is 6. The summed E-state index contributed by atoms with van der Waals surface area (Å²) in [6.45, 7) is 0. The fourth-order valence-corrected chi connectivity index (χ4v) is 6.35. The van der Waals surface area contributed by atoms with Gasteiger partial charge >= 0.3 is 0 Å². The second kappa shape index (κ2) is 12.6. The van der Waals surface area contributed by atoms with E-state index in [2.05, 4.69) is 126 Å². The Hall–Kier alpha value is -6.85. The monoisotopic (exact) mass is 639 g/mol. The van der Waals surface area contributed by atoms with Gasteiger partial charge in [0.1, 0.15) is 0 Å². The van der Waals surface area contributed by atoms with Gasteiger partial charge in [0, 0.05) is 45.4 Å². The maximum Gasteiger partial charge on any atom is 0.164 e. The summed E-state index contributed by atoms with van der Waals surface area (Å²) in [6, 6.07) is 56.3. The van der Waals surface area contributed by atoms with Gasteiger partial charge in [0.15, 0.2) is 17.5 Å². The Bertz CT molecular complexity index is 2600. The highest BCUT2D eigenvalue weighted by Crippen LogP contribution is 2.31. The number of aromatic nitrogens is 5. The molecule has 0 bridgehead atoms. The van der Waals surface area contributed by atoms with Crippen LogP contribution in [-0.4, -0.2) is 24.9 Å². The number of hydrogen-bond donors (Lipinski definition) is 0. The zero-order valence-electron chi connectivity index (χ0n) is 27.0. The molecule has 0 aliphatic carbocycles. The Labute approximate surface area is 289 Å². The molecule has 0 saturated heterocycles. The third kappa shape index (κ3) is 5.67. The molecule has 0 N–H and O–H groups in total. The van der Waals surface area contributed by atoms with E-state index in [-0.39, 0.29) is 0 Å². The molecule has 0 saturated carbocycles. The lowest BCUT2D eigenvalue weighted by atomic mass is 9.99. The number of pyridine rings is 2. The lowest BCUT2D eigenvalue weighted by Crippen LogP contribution is -2.00. The standard InChI is InChI=1S/C45H29N5/c1-3-8-30(9-4-1)31-17-22-37(23-18-31)44-48-43(36-10-5-2-6-11-36)49-45(50-44)38-24-19-33(20-25-38)32-13-15-34(16-14-32)40-28-39-26-21-35-12-7-27-46-41(35)42(39)47-29-40/h1-29H. The van der Waals surface area contributed by atoms with Gasteiger partial charge < -0.3 is 0 Å². The molecule has 0 aliphatic heterocycles. The summed E-state index contributed by atoms with van der Waals surface area (Å²) in [7, 11) is 0. The molecular weight excluding hydrogens is 611 g/mol. The van der Waals surface area contributed by atoms with Crippen molar-refractivity contribution in [2.45, 2.75) is 0 Å². The third-order valence-corrected chi connectivity index (χ3v) is 9.04. The van der Waals surface area contributed by atoms with Crippen LogP contribution in [0.4, 0.5) is 0 Å². The molecule has 0 amide bonds. The van der Waals surface area contributed by atoms with Gasteiger partial charge in [0.2, 0.25) is 0 Å². The minimum absolute atomic E-state index is 0.634. The van der Waals surface area contributed by atoms with E-state index >= 15 is 0 Å². The predicted molar refractivity (Wildman–Crippen MR) is 203 cm³/mol. The van der Waals surface area contributed by atoms with Crippen LogP contribution in [0.15, 0.2) is 176 Å². The van der Waals surface area contributed by atoms with Gasteiger partial charge in [-0.15, -0.1) is 0 Å². The molecule has 0 spiro atoms. The molecule has 0 fully saturated rings. The molecule has 6 aromatic carbocycles. The smallest absolute Gasteiger partial charge is 0.164 e. The van der Waals surface area contributed by atoms with Crippen molar-refractivity contribution in [1.29, 1.82) is 0 Å². The Morgan fingerprint density at radius 2 is 0.680 bits per heavy atom. The van der Waals surface area contributed by atoms with Crippen molar-refractivity contribution in [3.8, 4) is 67.5 Å². The minimum Gasteiger partial charge on any atom is -0.254 e. The fourth-order valence-electron chi connectivity index (χ4n) is 6.35. The van der Waals surface area contributed by atoms with Gasteiger partial charge in [-0.25, -0.2) is 15.0 Å². The summed E-state index contributed by atoms with van der Waals surface area (Å²) in [5, 5.41) is 2.17. The molecule has 50 heavy (non-hydrogen) atoms. The Balaban J connectivity index is 1.01. The van der Waals surface area contributed by atoms with Crippen molar-refractivity contribution in [2.24, 2.45) is 0 Å². The predicted octanol–water partition coefficient (Wildman–Crippen LogP) is 11.0. The number of hydrogen-bond acceptors (Lipinski definition) is 5. The van der Waals surface area contributed by atoms with Crippen LogP contribution in [0.25, 0.3) is 89.4 Å². The van der Waals surface area contributed by atoms with Crippen molar-refractivity contribution < 1.29 is 0 Å². The summed E-state index contributed by atoms with van der Waals surface area (Å²) >= 11 is 0. The van der Waals surface area contributed by atoms with Gasteiger partial charge in [-0.1, -0.05) is 152 Å². The van der Waals surface area contributed by atoms with Gasteiger partial charge in [-0.2, -0.15) is 0 Å². The van der Waals surface area contributed by atoms with E-state index in [9.17, 15) is 0 Å². The highest BCUT2D eigenvalue weighted by atomic mass is 15.0. The molecule has 3 aromatic heterocycles. The van der Waals surface area contributed by atoms with Gasteiger partial charge in [0.25, 0.3) is 0 Å². The van der Waals surface area contributed by atoms with Crippen LogP contribution in [0.2, 0.25) is 0 Å². The van der Waals surface area contributed by atoms with Gasteiger partial charge in [0.05, 0.1) is 11.0 Å². The van der Waals surface area contributed by atoms with E-state index in [4.69, 9.17) is 19.9 Å². The quantitative estimate of drug-likeness (QED) is 0.169. The van der Waals surface area contributed by atoms with Crippen molar-refractivity contribution in [2.75, 3.05) is 0 Å². The lowest BCUT2D eigenvalue weighted by molar-refractivity contribution is 1.07. The van der Waals surface area contributed by atoms with E-state index < -0.39 is 0 Å². The maximum atomic E-state index is 4.96. The molecule has 3 heterocycles. The van der Waals surface area contributed by atoms with Crippen LogP contribution in [0, 0.1) is 0 Å². The zero-order chi connectivity index (χ0) is 33.3. The molecule has 9 aromatic rings. The molecule has 0 unspecified atom stereocenters. The molecule has 0 radical (unpaired) electrons. The summed E-state index contributed by atoms with van der Waals surface area (Å²) in [6.07, 6.45) is 3.75. The number of fused-ring (bicyclic) bond motifs is 3. The first kappa shape index (κ1) is 29.3. The van der Waals surface area contributed by atoms with E-state index in [1.54, 1.807) is 0 Å². The number of rotatable bonds is 6. The van der Waals surface area contributed by atoms with Crippen molar-refractivity contribution in [1.82, 2.24) is 24.9 Å². The number of nitrogens with zero attached hydrogens (tertiary/aromatic N) is 5. The topological polar surface area (TPSA) is 64.5 Å². The second-order valence-corrected chi connectivity index (χ2v) is 12.2. The maximum absolute atomic E-state index is 4.96. The van der Waals surface area contributed by atoms with Crippen LogP contribution in [-0.2, 0) is 0 Å². The SMILES string of the molecule is c1ccc(-c2ccc(-c3nc(-c4ccccc4)nc(-c4ccc(-c5ccc(-c6cnc7c(ccc8cccnc87)c6)cc5)cc4)n3)cc2)cc1. The van der Waals surface area contributed by atoms with E-state index in [1.165, 1.54) is 5.56 Å². The average molecular weight is 640 g/mol. The van der Waals surface area contributed by atoms with Crippen molar-refractivity contribution in [3.05, 3.63) is 176 Å². The van der Waals surface area contributed by atoms with E-state index in [0.29, 0.717) is 17.5 Å². The molecule has 0 atom stereocenters. The van der Waals surface area contributed by atoms with Crippen LogP contribution >= 0.6 is 0 Å². The van der Waals surface area contributed by atoms with Gasteiger partial charge in [-0.05, 0) is 39.9 Å². The third-order valence-electron chi connectivity index (χ3n) is 9.04. The molecule has 5 heteroatoms. The van der Waals surface area contributed by atoms with Crippen LogP contribution < -0.4 is 0 Å². The molecule has 0 aliphatic rings. The summed E-state index contributed by atoms with van der Waals surface area (Å²) < 4.78 is 0. The van der Waals surface area contributed by atoms with Crippen molar-refractivity contribution in [3.63, 3.8) is 0 Å². The van der Waals surface area contributed by atoms with E-state index in [0.717, 1.165) is 66.3 Å². The Morgan fingerprint density at radius 3 is 1.22 bits per heavy atom.